The van der Waals surface area contributed by atoms with Crippen molar-refractivity contribution in [3.63, 3.8) is 0 Å². The van der Waals surface area contributed by atoms with E-state index in [1.54, 1.807) is 14.2 Å². The number of hydrogen-bond acceptors (Lipinski definition) is 4. The monoisotopic (exact) mass is 376 g/mol. The highest BCUT2D eigenvalue weighted by molar-refractivity contribution is 5.79. The van der Waals surface area contributed by atoms with Crippen molar-refractivity contribution in [2.24, 2.45) is 4.99 Å². The zero-order valence-electron chi connectivity index (χ0n) is 17.6. The van der Waals surface area contributed by atoms with Gasteiger partial charge in [0.15, 0.2) is 17.5 Å². The summed E-state index contributed by atoms with van der Waals surface area (Å²) in [7, 11) is 5.13. The van der Waals surface area contributed by atoms with Gasteiger partial charge in [-0.05, 0) is 63.9 Å². The minimum Gasteiger partial charge on any atom is -0.493 e. The van der Waals surface area contributed by atoms with E-state index >= 15 is 0 Å². The largest absolute Gasteiger partial charge is 0.493 e. The summed E-state index contributed by atoms with van der Waals surface area (Å²) in [6.07, 6.45) is 4.86. The molecule has 1 saturated heterocycles. The molecular weight excluding hydrogens is 340 g/mol. The molecule has 0 spiro atoms. The van der Waals surface area contributed by atoms with Gasteiger partial charge in [-0.3, -0.25) is 9.89 Å². The van der Waals surface area contributed by atoms with Crippen molar-refractivity contribution in [2.45, 2.75) is 45.1 Å². The van der Waals surface area contributed by atoms with Gasteiger partial charge in [0.25, 0.3) is 0 Å². The van der Waals surface area contributed by atoms with Crippen LogP contribution in [0.2, 0.25) is 0 Å². The molecule has 6 nitrogen and oxygen atoms in total. The summed E-state index contributed by atoms with van der Waals surface area (Å²) in [5.41, 5.74) is 1.32. The van der Waals surface area contributed by atoms with Gasteiger partial charge >= 0.3 is 0 Å². The predicted octanol–water partition coefficient (Wildman–Crippen LogP) is 2.68. The van der Waals surface area contributed by atoms with Gasteiger partial charge in [0.2, 0.25) is 0 Å². The van der Waals surface area contributed by atoms with Gasteiger partial charge in [0.1, 0.15) is 0 Å². The van der Waals surface area contributed by atoms with Crippen LogP contribution in [0.15, 0.2) is 23.2 Å². The van der Waals surface area contributed by atoms with Crippen LogP contribution in [-0.2, 0) is 6.42 Å². The lowest BCUT2D eigenvalue weighted by Gasteiger charge is -2.41. The van der Waals surface area contributed by atoms with E-state index in [1.165, 1.54) is 37.9 Å². The average Bonchev–Trinajstić information content (AvgIpc) is 2.71. The molecule has 1 aromatic rings. The Morgan fingerprint density at radius 2 is 1.78 bits per heavy atom. The molecular formula is C21H36N4O2. The Balaban J connectivity index is 1.80. The fourth-order valence-corrected chi connectivity index (χ4v) is 3.49. The van der Waals surface area contributed by atoms with Crippen molar-refractivity contribution in [1.82, 2.24) is 15.5 Å². The first-order valence-electron chi connectivity index (χ1n) is 9.90. The molecule has 152 valence electrons. The molecule has 0 aromatic heterocycles. The van der Waals surface area contributed by atoms with E-state index in [0.717, 1.165) is 37.0 Å². The van der Waals surface area contributed by atoms with E-state index in [9.17, 15) is 0 Å². The molecule has 0 saturated carbocycles. The van der Waals surface area contributed by atoms with Crippen LogP contribution in [-0.4, -0.2) is 63.8 Å². The summed E-state index contributed by atoms with van der Waals surface area (Å²) in [4.78, 5) is 6.94. The van der Waals surface area contributed by atoms with Crippen molar-refractivity contribution in [3.8, 4) is 11.5 Å². The number of aliphatic imine (C=N–C) groups is 1. The summed E-state index contributed by atoms with van der Waals surface area (Å²) in [6, 6.07) is 6.04. The van der Waals surface area contributed by atoms with Crippen LogP contribution in [0.3, 0.4) is 0 Å². The number of rotatable bonds is 8. The van der Waals surface area contributed by atoms with Crippen molar-refractivity contribution >= 4 is 5.96 Å². The Labute approximate surface area is 164 Å². The number of likely N-dealkylation sites (tertiary alicyclic amines) is 1. The third-order valence-corrected chi connectivity index (χ3v) is 5.28. The number of methoxy groups -OCH3 is 2. The number of hydrogen-bond donors (Lipinski definition) is 2. The molecule has 2 rings (SSSR count). The molecule has 6 heteroatoms. The van der Waals surface area contributed by atoms with E-state index in [0.29, 0.717) is 0 Å². The smallest absolute Gasteiger partial charge is 0.191 e. The maximum absolute atomic E-state index is 5.37. The first-order chi connectivity index (χ1) is 13.0. The third kappa shape index (κ3) is 6.31. The summed E-state index contributed by atoms with van der Waals surface area (Å²) in [6.45, 7) is 8.69. The Kier molecular flexibility index (Phi) is 8.23. The first-order valence-corrected chi connectivity index (χ1v) is 9.90. The second-order valence-corrected chi connectivity index (χ2v) is 7.65. The fourth-order valence-electron chi connectivity index (χ4n) is 3.49. The summed E-state index contributed by atoms with van der Waals surface area (Å²) in [5.74, 6) is 2.37. The quantitative estimate of drug-likeness (QED) is 0.540. The number of nitrogens with zero attached hydrogens (tertiary/aromatic N) is 2. The number of benzene rings is 1. The van der Waals surface area contributed by atoms with Crippen molar-refractivity contribution in [2.75, 3.05) is 47.4 Å². The SMILES string of the molecule is CN=C(NCCc1ccc(OC)c(OC)c1)NCC(C)(C)N1CCCCC1. The third-order valence-electron chi connectivity index (χ3n) is 5.28. The summed E-state index contributed by atoms with van der Waals surface area (Å²) < 4.78 is 10.7. The average molecular weight is 377 g/mol. The Morgan fingerprint density at radius 1 is 1.07 bits per heavy atom. The van der Waals surface area contributed by atoms with Gasteiger partial charge in [-0.1, -0.05) is 12.5 Å². The lowest BCUT2D eigenvalue weighted by molar-refractivity contribution is 0.0982. The minimum atomic E-state index is 0.126. The topological polar surface area (TPSA) is 58.1 Å². The minimum absolute atomic E-state index is 0.126. The maximum atomic E-state index is 5.37. The van der Waals surface area contributed by atoms with E-state index in [2.05, 4.69) is 40.4 Å². The van der Waals surface area contributed by atoms with Crippen LogP contribution in [0.25, 0.3) is 0 Å². The molecule has 0 aliphatic carbocycles. The summed E-state index contributed by atoms with van der Waals surface area (Å²) >= 11 is 0. The Bertz CT molecular complexity index is 610. The molecule has 0 bridgehead atoms. The Hall–Kier alpha value is -1.95. The highest BCUT2D eigenvalue weighted by atomic mass is 16.5. The van der Waals surface area contributed by atoms with E-state index in [4.69, 9.17) is 9.47 Å². The molecule has 27 heavy (non-hydrogen) atoms. The van der Waals surface area contributed by atoms with Crippen LogP contribution in [0.1, 0.15) is 38.7 Å². The van der Waals surface area contributed by atoms with E-state index in [-0.39, 0.29) is 5.54 Å². The predicted molar refractivity (Wildman–Crippen MR) is 112 cm³/mol. The molecule has 1 heterocycles. The molecule has 0 amide bonds. The van der Waals surface area contributed by atoms with Gasteiger partial charge in [-0.2, -0.15) is 0 Å². The number of ether oxygens (including phenoxy) is 2. The first kappa shape index (κ1) is 21.4. The molecule has 1 aliphatic heterocycles. The van der Waals surface area contributed by atoms with Crippen LogP contribution in [0.5, 0.6) is 11.5 Å². The molecule has 2 N–H and O–H groups in total. The van der Waals surface area contributed by atoms with Gasteiger partial charge in [-0.15, -0.1) is 0 Å². The van der Waals surface area contributed by atoms with Crippen LogP contribution >= 0.6 is 0 Å². The van der Waals surface area contributed by atoms with Crippen molar-refractivity contribution in [3.05, 3.63) is 23.8 Å². The zero-order valence-corrected chi connectivity index (χ0v) is 17.6. The van der Waals surface area contributed by atoms with E-state index in [1.807, 2.05) is 19.2 Å². The normalized spacial score (nSPS) is 16.1. The number of nitrogens with one attached hydrogen (secondary N) is 2. The number of piperidine rings is 1. The number of guanidine groups is 1. The highest BCUT2D eigenvalue weighted by Gasteiger charge is 2.27. The lowest BCUT2D eigenvalue weighted by atomic mass is 9.98. The van der Waals surface area contributed by atoms with Crippen LogP contribution < -0.4 is 20.1 Å². The van der Waals surface area contributed by atoms with Crippen molar-refractivity contribution in [1.29, 1.82) is 0 Å². The molecule has 0 unspecified atom stereocenters. The zero-order chi connectivity index (χ0) is 19.7. The Morgan fingerprint density at radius 3 is 2.41 bits per heavy atom. The fraction of sp³-hybridized carbons (Fsp3) is 0.667. The van der Waals surface area contributed by atoms with Crippen molar-refractivity contribution < 1.29 is 9.47 Å². The summed E-state index contributed by atoms with van der Waals surface area (Å²) in [5, 5.41) is 6.89. The molecule has 1 aromatic carbocycles. The molecule has 1 aliphatic rings. The van der Waals surface area contributed by atoms with Gasteiger partial charge in [-0.25, -0.2) is 0 Å². The van der Waals surface area contributed by atoms with Gasteiger partial charge < -0.3 is 20.1 Å². The van der Waals surface area contributed by atoms with Crippen LogP contribution in [0, 0.1) is 0 Å². The maximum Gasteiger partial charge on any atom is 0.191 e. The van der Waals surface area contributed by atoms with Gasteiger partial charge in [0, 0.05) is 25.7 Å². The van der Waals surface area contributed by atoms with E-state index < -0.39 is 0 Å². The second kappa shape index (κ2) is 10.4. The van der Waals surface area contributed by atoms with Crippen LogP contribution in [0.4, 0.5) is 0 Å². The molecule has 1 fully saturated rings. The molecule has 0 atom stereocenters. The van der Waals surface area contributed by atoms with Gasteiger partial charge in [0.05, 0.1) is 14.2 Å². The standard InChI is InChI=1S/C21H36N4O2/c1-21(2,25-13-7-6-8-14-25)16-24-20(22-3)23-12-11-17-9-10-18(26-4)19(15-17)27-5/h9-10,15H,6-8,11-14,16H2,1-5H3,(H2,22,23,24). The second-order valence-electron chi connectivity index (χ2n) is 7.65. The molecule has 0 radical (unpaired) electrons. The highest BCUT2D eigenvalue weighted by Crippen LogP contribution is 2.27. The lowest BCUT2D eigenvalue weighted by Crippen LogP contribution is -2.55.